The van der Waals surface area contributed by atoms with Crippen LogP contribution in [0, 0.1) is 0 Å². The van der Waals surface area contributed by atoms with Crippen LogP contribution >= 0.6 is 0 Å². The average molecular weight is 322 g/mol. The van der Waals surface area contributed by atoms with Crippen molar-refractivity contribution in [2.75, 3.05) is 0 Å². The van der Waals surface area contributed by atoms with Gasteiger partial charge in [-0.2, -0.15) is 0 Å². The van der Waals surface area contributed by atoms with Crippen molar-refractivity contribution in [2.24, 2.45) is 0 Å². The standard InChI is InChI=1S/C21H14N4/c1-2-7-16(8-3-1)21-24-20(19-14-22-12-13-25(19)21)18-11-10-15-6-4-5-9-17(15)23-18/h1-14H. The van der Waals surface area contributed by atoms with Gasteiger partial charge in [-0.15, -0.1) is 0 Å². The number of pyridine rings is 1. The molecule has 0 fully saturated rings. The van der Waals surface area contributed by atoms with E-state index in [-0.39, 0.29) is 0 Å². The van der Waals surface area contributed by atoms with Crippen LogP contribution in [0.3, 0.4) is 0 Å². The number of nitrogens with zero attached hydrogens (tertiary/aromatic N) is 4. The molecule has 5 rings (SSSR count). The third kappa shape index (κ3) is 2.27. The van der Waals surface area contributed by atoms with Crippen LogP contribution < -0.4 is 0 Å². The molecule has 0 N–H and O–H groups in total. The van der Waals surface area contributed by atoms with Gasteiger partial charge in [-0.3, -0.25) is 9.38 Å². The van der Waals surface area contributed by atoms with Gasteiger partial charge in [-0.1, -0.05) is 54.6 Å². The molecular weight excluding hydrogens is 308 g/mol. The number of hydrogen-bond donors (Lipinski definition) is 0. The van der Waals surface area contributed by atoms with E-state index in [1.807, 2.05) is 54.9 Å². The Morgan fingerprint density at radius 3 is 2.52 bits per heavy atom. The van der Waals surface area contributed by atoms with E-state index in [4.69, 9.17) is 9.97 Å². The zero-order valence-electron chi connectivity index (χ0n) is 13.4. The Bertz CT molecular complexity index is 1190. The third-order valence-electron chi connectivity index (χ3n) is 4.32. The Balaban J connectivity index is 1.78. The predicted octanol–water partition coefficient (Wildman–Crippen LogP) is 4.61. The van der Waals surface area contributed by atoms with Crippen LogP contribution in [-0.4, -0.2) is 19.4 Å². The zero-order chi connectivity index (χ0) is 16.6. The first-order valence-electron chi connectivity index (χ1n) is 8.14. The van der Waals surface area contributed by atoms with Crippen molar-refractivity contribution in [3.63, 3.8) is 0 Å². The highest BCUT2D eigenvalue weighted by Crippen LogP contribution is 2.29. The van der Waals surface area contributed by atoms with Gasteiger partial charge in [0.25, 0.3) is 0 Å². The van der Waals surface area contributed by atoms with Crippen molar-refractivity contribution < 1.29 is 0 Å². The van der Waals surface area contributed by atoms with Gasteiger partial charge in [-0.25, -0.2) is 9.97 Å². The molecule has 0 spiro atoms. The maximum atomic E-state index is 4.90. The van der Waals surface area contributed by atoms with Crippen LogP contribution in [0.15, 0.2) is 85.3 Å². The molecular formula is C21H14N4. The summed E-state index contributed by atoms with van der Waals surface area (Å²) in [4.78, 5) is 14.0. The molecule has 0 saturated carbocycles. The van der Waals surface area contributed by atoms with Gasteiger partial charge in [0.15, 0.2) is 0 Å². The zero-order valence-corrected chi connectivity index (χ0v) is 13.4. The van der Waals surface area contributed by atoms with Gasteiger partial charge >= 0.3 is 0 Å². The maximum absolute atomic E-state index is 4.90. The molecule has 4 heteroatoms. The van der Waals surface area contributed by atoms with Crippen LogP contribution in [-0.2, 0) is 0 Å². The Morgan fingerprint density at radius 1 is 0.760 bits per heavy atom. The largest absolute Gasteiger partial charge is 0.296 e. The van der Waals surface area contributed by atoms with Gasteiger partial charge < -0.3 is 0 Å². The normalized spacial score (nSPS) is 11.2. The maximum Gasteiger partial charge on any atom is 0.145 e. The highest BCUT2D eigenvalue weighted by atomic mass is 15.0. The summed E-state index contributed by atoms with van der Waals surface area (Å²) >= 11 is 0. The molecule has 5 aromatic rings. The minimum absolute atomic E-state index is 0.845. The smallest absolute Gasteiger partial charge is 0.145 e. The number of aromatic nitrogens is 4. The lowest BCUT2D eigenvalue weighted by molar-refractivity contribution is 1.12. The molecule has 0 saturated heterocycles. The Labute approximate surface area is 144 Å². The highest BCUT2D eigenvalue weighted by Gasteiger charge is 2.15. The lowest BCUT2D eigenvalue weighted by atomic mass is 10.2. The summed E-state index contributed by atoms with van der Waals surface area (Å²) in [6.07, 6.45) is 5.56. The fourth-order valence-corrected chi connectivity index (χ4v) is 3.12. The number of hydrogen-bond acceptors (Lipinski definition) is 3. The highest BCUT2D eigenvalue weighted by molar-refractivity contribution is 5.85. The van der Waals surface area contributed by atoms with Crippen molar-refractivity contribution >= 4 is 16.4 Å². The molecule has 3 aromatic heterocycles. The molecule has 118 valence electrons. The summed E-state index contributed by atoms with van der Waals surface area (Å²) < 4.78 is 2.06. The first-order valence-corrected chi connectivity index (χ1v) is 8.14. The summed E-state index contributed by atoms with van der Waals surface area (Å²) in [5.41, 5.74) is 4.68. The summed E-state index contributed by atoms with van der Waals surface area (Å²) in [6.45, 7) is 0. The number of fused-ring (bicyclic) bond motifs is 2. The molecule has 0 radical (unpaired) electrons. The van der Waals surface area contributed by atoms with E-state index in [1.54, 1.807) is 6.20 Å². The quantitative estimate of drug-likeness (QED) is 0.476. The second-order valence-electron chi connectivity index (χ2n) is 5.87. The lowest BCUT2D eigenvalue weighted by Crippen LogP contribution is -1.89. The van der Waals surface area contributed by atoms with Crippen LogP contribution in [0.25, 0.3) is 39.2 Å². The molecule has 0 aliphatic heterocycles. The summed E-state index contributed by atoms with van der Waals surface area (Å²) in [6, 6.07) is 22.4. The third-order valence-corrected chi connectivity index (χ3v) is 4.32. The van der Waals surface area contributed by atoms with Crippen molar-refractivity contribution in [3.05, 3.63) is 85.3 Å². The predicted molar refractivity (Wildman–Crippen MR) is 99.2 cm³/mol. The second kappa shape index (κ2) is 5.53. The summed E-state index contributed by atoms with van der Waals surface area (Å²) in [5.74, 6) is 0.892. The molecule has 0 bridgehead atoms. The van der Waals surface area contributed by atoms with Gasteiger partial charge in [-0.05, 0) is 12.1 Å². The molecule has 4 nitrogen and oxygen atoms in total. The van der Waals surface area contributed by atoms with Crippen molar-refractivity contribution in [1.82, 2.24) is 19.4 Å². The first-order chi connectivity index (χ1) is 12.4. The molecule has 0 aliphatic carbocycles. The number of imidazole rings is 1. The molecule has 3 heterocycles. The van der Waals surface area contributed by atoms with E-state index in [2.05, 4.69) is 33.7 Å². The number of rotatable bonds is 2. The topological polar surface area (TPSA) is 43.1 Å². The minimum Gasteiger partial charge on any atom is -0.296 e. The van der Waals surface area contributed by atoms with Gasteiger partial charge in [0.05, 0.1) is 22.9 Å². The van der Waals surface area contributed by atoms with E-state index in [9.17, 15) is 0 Å². The van der Waals surface area contributed by atoms with Gasteiger partial charge in [0.2, 0.25) is 0 Å². The van der Waals surface area contributed by atoms with E-state index in [0.29, 0.717) is 0 Å². The van der Waals surface area contributed by atoms with Crippen LogP contribution in [0.4, 0.5) is 0 Å². The Kier molecular flexibility index (Phi) is 3.07. The first kappa shape index (κ1) is 13.9. The van der Waals surface area contributed by atoms with E-state index < -0.39 is 0 Å². The van der Waals surface area contributed by atoms with Gasteiger partial charge in [0, 0.05) is 23.3 Å². The van der Waals surface area contributed by atoms with Crippen molar-refractivity contribution in [3.8, 4) is 22.8 Å². The molecule has 2 aromatic carbocycles. The lowest BCUT2D eigenvalue weighted by Gasteiger charge is -2.01. The molecule has 25 heavy (non-hydrogen) atoms. The fourth-order valence-electron chi connectivity index (χ4n) is 3.12. The van der Waals surface area contributed by atoms with E-state index in [0.717, 1.165) is 39.2 Å². The fraction of sp³-hybridized carbons (Fsp3) is 0. The second-order valence-corrected chi connectivity index (χ2v) is 5.87. The monoisotopic (exact) mass is 322 g/mol. The molecule has 0 amide bonds. The van der Waals surface area contributed by atoms with Crippen LogP contribution in [0.5, 0.6) is 0 Å². The molecule has 0 aliphatic rings. The molecule has 0 unspecified atom stereocenters. The van der Waals surface area contributed by atoms with Gasteiger partial charge in [0.1, 0.15) is 11.5 Å². The van der Waals surface area contributed by atoms with Crippen molar-refractivity contribution in [2.45, 2.75) is 0 Å². The summed E-state index contributed by atoms with van der Waals surface area (Å²) in [5, 5.41) is 1.12. The Hall–Kier alpha value is -3.53. The van der Waals surface area contributed by atoms with Crippen molar-refractivity contribution in [1.29, 1.82) is 0 Å². The average Bonchev–Trinajstić information content (AvgIpc) is 3.08. The van der Waals surface area contributed by atoms with E-state index in [1.165, 1.54) is 0 Å². The van der Waals surface area contributed by atoms with Crippen LogP contribution in [0.2, 0.25) is 0 Å². The SMILES string of the molecule is c1ccc(-c2nc(-c3ccc4ccccc4n3)c3cnccn23)cc1. The summed E-state index contributed by atoms with van der Waals surface area (Å²) in [7, 11) is 0. The van der Waals surface area contributed by atoms with Crippen LogP contribution in [0.1, 0.15) is 0 Å². The Morgan fingerprint density at radius 2 is 1.60 bits per heavy atom. The van der Waals surface area contributed by atoms with E-state index >= 15 is 0 Å². The number of para-hydroxylation sites is 1. The molecule has 0 atom stereocenters. The number of benzene rings is 2. The minimum atomic E-state index is 0.845.